The van der Waals surface area contributed by atoms with Gasteiger partial charge >= 0.3 is 0 Å². The topological polar surface area (TPSA) is 29.3 Å². The van der Waals surface area contributed by atoms with Crippen LogP contribution in [0.4, 0.5) is 0 Å². The summed E-state index contributed by atoms with van der Waals surface area (Å²) in [5.74, 6) is 0. The van der Waals surface area contributed by atoms with Gasteiger partial charge in [-0.2, -0.15) is 0 Å². The van der Waals surface area contributed by atoms with Crippen molar-refractivity contribution in [1.29, 1.82) is 0 Å². The van der Waals surface area contributed by atoms with E-state index in [4.69, 9.17) is 17.3 Å². The largest absolute Gasteiger partial charge is 0.326 e. The molecule has 90 valence electrons. The van der Waals surface area contributed by atoms with Gasteiger partial charge in [0.1, 0.15) is 0 Å². The third kappa shape index (κ3) is 3.60. The summed E-state index contributed by atoms with van der Waals surface area (Å²) >= 11 is 9.50. The number of halogens is 3. The Morgan fingerprint density at radius 1 is 1.50 bits per heavy atom. The maximum absolute atomic E-state index is 5.97. The molecule has 1 unspecified atom stereocenters. The van der Waals surface area contributed by atoms with Gasteiger partial charge in [0.05, 0.1) is 0 Å². The van der Waals surface area contributed by atoms with Gasteiger partial charge < -0.3 is 5.73 Å². The molecule has 2 N–H and O–H groups in total. The van der Waals surface area contributed by atoms with E-state index in [0.717, 1.165) is 35.6 Å². The molecule has 5 heteroatoms. The van der Waals surface area contributed by atoms with Gasteiger partial charge in [0.2, 0.25) is 0 Å². The zero-order valence-electron chi connectivity index (χ0n) is 8.83. The van der Waals surface area contributed by atoms with Crippen molar-refractivity contribution in [3.63, 3.8) is 0 Å². The Morgan fingerprint density at radius 2 is 2.25 bits per heavy atom. The van der Waals surface area contributed by atoms with Crippen LogP contribution < -0.4 is 5.73 Å². The van der Waals surface area contributed by atoms with E-state index in [-0.39, 0.29) is 12.4 Å². The molecule has 2 rings (SSSR count). The lowest BCUT2D eigenvalue weighted by Gasteiger charge is -2.16. The number of benzene rings is 1. The molecule has 1 heterocycles. The second-order valence-corrected chi connectivity index (χ2v) is 5.31. The molecule has 1 aliphatic rings. The average molecular weight is 326 g/mol. The van der Waals surface area contributed by atoms with Gasteiger partial charge in [-0.05, 0) is 30.2 Å². The van der Waals surface area contributed by atoms with Gasteiger partial charge in [0.15, 0.2) is 0 Å². The van der Waals surface area contributed by atoms with Crippen LogP contribution in [-0.4, -0.2) is 24.0 Å². The van der Waals surface area contributed by atoms with Crippen LogP contribution in [0.1, 0.15) is 12.0 Å². The Balaban J connectivity index is 0.00000128. The molecule has 0 aliphatic carbocycles. The van der Waals surface area contributed by atoms with E-state index in [0.29, 0.717) is 6.04 Å². The highest BCUT2D eigenvalue weighted by molar-refractivity contribution is 9.10. The molecule has 0 spiro atoms. The van der Waals surface area contributed by atoms with Crippen molar-refractivity contribution in [2.45, 2.75) is 19.0 Å². The number of hydrogen-bond acceptors (Lipinski definition) is 2. The van der Waals surface area contributed by atoms with Crippen molar-refractivity contribution in [2.24, 2.45) is 5.73 Å². The highest BCUT2D eigenvalue weighted by Crippen LogP contribution is 2.23. The molecule has 0 amide bonds. The monoisotopic (exact) mass is 324 g/mol. The summed E-state index contributed by atoms with van der Waals surface area (Å²) in [4.78, 5) is 2.36. The smallest absolute Gasteiger partial charge is 0.0410 e. The van der Waals surface area contributed by atoms with Gasteiger partial charge in [-0.25, -0.2) is 0 Å². The molecule has 1 saturated heterocycles. The van der Waals surface area contributed by atoms with Gasteiger partial charge in [0.25, 0.3) is 0 Å². The summed E-state index contributed by atoms with van der Waals surface area (Å²) in [6, 6.07) is 6.23. The fourth-order valence-electron chi connectivity index (χ4n) is 1.91. The van der Waals surface area contributed by atoms with Crippen molar-refractivity contribution in [2.75, 3.05) is 13.1 Å². The predicted molar refractivity (Wildman–Crippen MR) is 74.3 cm³/mol. The van der Waals surface area contributed by atoms with E-state index in [1.807, 2.05) is 18.2 Å². The summed E-state index contributed by atoms with van der Waals surface area (Å²) in [6.45, 7) is 2.99. The summed E-state index contributed by atoms with van der Waals surface area (Å²) in [5, 5.41) is 0.789. The second-order valence-electron chi connectivity index (χ2n) is 4.02. The van der Waals surface area contributed by atoms with Crippen LogP contribution in [0.3, 0.4) is 0 Å². The first-order chi connectivity index (χ1) is 7.15. The Hall–Kier alpha value is 0.200. The van der Waals surface area contributed by atoms with Crippen LogP contribution in [0.2, 0.25) is 5.02 Å². The van der Waals surface area contributed by atoms with Crippen molar-refractivity contribution >= 4 is 39.9 Å². The van der Waals surface area contributed by atoms with Crippen molar-refractivity contribution in [3.8, 4) is 0 Å². The Labute approximate surface area is 116 Å². The van der Waals surface area contributed by atoms with E-state index in [1.165, 1.54) is 5.56 Å². The molecule has 2 nitrogen and oxygen atoms in total. The zero-order chi connectivity index (χ0) is 10.8. The van der Waals surface area contributed by atoms with Gasteiger partial charge in [-0.1, -0.05) is 27.5 Å². The first-order valence-corrected chi connectivity index (χ1v) is 6.24. The SMILES string of the molecule is Cl.NC1CCN(Cc2cc(Cl)ccc2Br)C1. The van der Waals surface area contributed by atoms with Crippen molar-refractivity contribution < 1.29 is 0 Å². The number of nitrogens with zero attached hydrogens (tertiary/aromatic N) is 1. The summed E-state index contributed by atoms with van der Waals surface area (Å²) in [6.07, 6.45) is 1.10. The van der Waals surface area contributed by atoms with E-state index in [1.54, 1.807) is 0 Å². The van der Waals surface area contributed by atoms with Gasteiger partial charge in [-0.15, -0.1) is 12.4 Å². The Morgan fingerprint density at radius 3 is 2.88 bits per heavy atom. The lowest BCUT2D eigenvalue weighted by Crippen LogP contribution is -2.26. The lowest BCUT2D eigenvalue weighted by atomic mass is 10.2. The van der Waals surface area contributed by atoms with Crippen LogP contribution in [0.15, 0.2) is 22.7 Å². The van der Waals surface area contributed by atoms with E-state index < -0.39 is 0 Å². The van der Waals surface area contributed by atoms with Crippen LogP contribution in [0.25, 0.3) is 0 Å². The molecule has 1 atom stereocenters. The number of hydrogen-bond donors (Lipinski definition) is 1. The first-order valence-electron chi connectivity index (χ1n) is 5.07. The van der Waals surface area contributed by atoms with Crippen LogP contribution in [-0.2, 0) is 6.54 Å². The van der Waals surface area contributed by atoms with Gasteiger partial charge in [0, 0.05) is 35.2 Å². The fraction of sp³-hybridized carbons (Fsp3) is 0.455. The van der Waals surface area contributed by atoms with Gasteiger partial charge in [-0.3, -0.25) is 4.90 Å². The summed E-state index contributed by atoms with van der Waals surface area (Å²) < 4.78 is 1.12. The standard InChI is InChI=1S/C11H14BrClN2.ClH/c12-11-2-1-9(13)5-8(11)6-15-4-3-10(14)7-15;/h1-2,5,10H,3-4,6-7,14H2;1H. The van der Waals surface area contributed by atoms with Crippen molar-refractivity contribution in [3.05, 3.63) is 33.3 Å². The van der Waals surface area contributed by atoms with Crippen LogP contribution in [0, 0.1) is 0 Å². The Kier molecular flexibility index (Phi) is 5.54. The number of nitrogens with two attached hydrogens (primary N) is 1. The molecule has 1 aliphatic heterocycles. The quantitative estimate of drug-likeness (QED) is 0.905. The molecule has 0 saturated carbocycles. The molecule has 0 radical (unpaired) electrons. The molecular weight excluding hydrogens is 311 g/mol. The molecule has 1 aromatic rings. The normalized spacial score (nSPS) is 20.8. The molecule has 1 fully saturated rings. The number of rotatable bonds is 2. The van der Waals surface area contributed by atoms with Crippen LogP contribution >= 0.6 is 39.9 Å². The molecule has 0 aromatic heterocycles. The minimum atomic E-state index is 0. The van der Waals surface area contributed by atoms with Crippen LogP contribution in [0.5, 0.6) is 0 Å². The highest BCUT2D eigenvalue weighted by atomic mass is 79.9. The number of likely N-dealkylation sites (tertiary alicyclic amines) is 1. The van der Waals surface area contributed by atoms with Crippen molar-refractivity contribution in [1.82, 2.24) is 4.90 Å². The summed E-state index contributed by atoms with van der Waals surface area (Å²) in [7, 11) is 0. The maximum Gasteiger partial charge on any atom is 0.0410 e. The third-order valence-corrected chi connectivity index (χ3v) is 3.72. The Bertz CT molecular complexity index is 360. The molecule has 0 bridgehead atoms. The predicted octanol–water partition coefficient (Wildman–Crippen LogP) is 3.06. The van der Waals surface area contributed by atoms with E-state index in [9.17, 15) is 0 Å². The minimum Gasteiger partial charge on any atom is -0.326 e. The van der Waals surface area contributed by atoms with E-state index >= 15 is 0 Å². The first kappa shape index (κ1) is 14.3. The zero-order valence-corrected chi connectivity index (χ0v) is 12.0. The van der Waals surface area contributed by atoms with E-state index in [2.05, 4.69) is 20.8 Å². The molecule has 16 heavy (non-hydrogen) atoms. The lowest BCUT2D eigenvalue weighted by molar-refractivity contribution is 0.326. The molecule has 1 aromatic carbocycles. The maximum atomic E-state index is 5.97. The third-order valence-electron chi connectivity index (χ3n) is 2.71. The summed E-state index contributed by atoms with van der Waals surface area (Å²) in [5.41, 5.74) is 7.10. The fourth-order valence-corrected chi connectivity index (χ4v) is 2.48. The second kappa shape index (κ2) is 6.22. The molecular formula is C11H15BrCl2N2. The average Bonchev–Trinajstić information content (AvgIpc) is 2.58. The highest BCUT2D eigenvalue weighted by Gasteiger charge is 2.19. The minimum absolute atomic E-state index is 0.